The summed E-state index contributed by atoms with van der Waals surface area (Å²) in [6, 6.07) is 14.9. The molecule has 3 heteroatoms. The minimum Gasteiger partial charge on any atom is -0.490 e. The van der Waals surface area contributed by atoms with Gasteiger partial charge in [-0.2, -0.15) is 0 Å². The molecule has 3 N–H and O–H groups in total. The molecule has 0 amide bonds. The van der Waals surface area contributed by atoms with E-state index in [0.717, 1.165) is 16.9 Å². The van der Waals surface area contributed by atoms with Gasteiger partial charge in [-0.25, -0.2) is 0 Å². The fourth-order valence-electron chi connectivity index (χ4n) is 2.90. The van der Waals surface area contributed by atoms with Crippen LogP contribution in [0, 0.1) is 20.8 Å². The molecule has 0 bridgehead atoms. The van der Waals surface area contributed by atoms with Crippen LogP contribution in [0.25, 0.3) is 0 Å². The molecule has 23 heavy (non-hydrogen) atoms. The number of quaternary nitrogens is 1. The average molecular weight is 314 g/mol. The van der Waals surface area contributed by atoms with E-state index in [9.17, 15) is 5.11 Å². The number of benzene rings is 2. The van der Waals surface area contributed by atoms with Crippen LogP contribution in [-0.2, 0) is 0 Å². The molecule has 0 saturated heterocycles. The third-order valence-electron chi connectivity index (χ3n) is 4.11. The summed E-state index contributed by atoms with van der Waals surface area (Å²) in [5.41, 5.74) is 4.75. The largest absolute Gasteiger partial charge is 0.490 e. The number of aliphatic hydroxyl groups excluding tert-OH is 1. The Hall–Kier alpha value is -1.84. The van der Waals surface area contributed by atoms with Crippen LogP contribution in [0.2, 0.25) is 0 Å². The van der Waals surface area contributed by atoms with Crippen LogP contribution in [0.15, 0.2) is 42.5 Å². The van der Waals surface area contributed by atoms with Gasteiger partial charge >= 0.3 is 0 Å². The maximum absolute atomic E-state index is 10.2. The van der Waals surface area contributed by atoms with Gasteiger partial charge in [0.05, 0.1) is 0 Å². The Kier molecular flexibility index (Phi) is 6.20. The van der Waals surface area contributed by atoms with Gasteiger partial charge in [0.25, 0.3) is 0 Å². The Morgan fingerprint density at radius 3 is 2.26 bits per heavy atom. The fourth-order valence-corrected chi connectivity index (χ4v) is 2.90. The molecule has 0 spiro atoms. The van der Waals surface area contributed by atoms with Crippen LogP contribution >= 0.6 is 0 Å². The highest BCUT2D eigenvalue weighted by Gasteiger charge is 2.14. The molecule has 2 atom stereocenters. The lowest BCUT2D eigenvalue weighted by atomic mass is 10.1. The van der Waals surface area contributed by atoms with E-state index in [1.807, 2.05) is 32.0 Å². The minimum atomic E-state index is -0.485. The van der Waals surface area contributed by atoms with Crippen molar-refractivity contribution in [2.75, 3.05) is 13.2 Å². The lowest BCUT2D eigenvalue weighted by Crippen LogP contribution is -2.87. The van der Waals surface area contributed by atoms with Gasteiger partial charge in [-0.1, -0.05) is 48.0 Å². The van der Waals surface area contributed by atoms with E-state index in [-0.39, 0.29) is 0 Å². The van der Waals surface area contributed by atoms with Gasteiger partial charge in [0.15, 0.2) is 0 Å². The average Bonchev–Trinajstić information content (AvgIpc) is 2.52. The van der Waals surface area contributed by atoms with Crippen molar-refractivity contribution >= 4 is 0 Å². The second-order valence-corrected chi connectivity index (χ2v) is 6.36. The van der Waals surface area contributed by atoms with Crippen LogP contribution in [0.3, 0.4) is 0 Å². The van der Waals surface area contributed by atoms with Crippen molar-refractivity contribution in [3.8, 4) is 5.75 Å². The van der Waals surface area contributed by atoms with Gasteiger partial charge in [0, 0.05) is 5.56 Å². The lowest BCUT2D eigenvalue weighted by Gasteiger charge is -2.17. The van der Waals surface area contributed by atoms with Gasteiger partial charge in [0.2, 0.25) is 0 Å². The van der Waals surface area contributed by atoms with Crippen LogP contribution in [0.1, 0.15) is 35.2 Å². The van der Waals surface area contributed by atoms with E-state index in [0.29, 0.717) is 19.2 Å². The Morgan fingerprint density at radius 1 is 1.04 bits per heavy atom. The SMILES string of the molecule is Cc1cc(C)c(OC[C@@H](O)C[NH2+][C@H](C)c2ccccc2)c(C)c1. The zero-order valence-electron chi connectivity index (χ0n) is 14.5. The van der Waals surface area contributed by atoms with Gasteiger partial charge in [0.1, 0.15) is 31.0 Å². The molecule has 0 radical (unpaired) electrons. The lowest BCUT2D eigenvalue weighted by molar-refractivity contribution is -0.698. The van der Waals surface area contributed by atoms with Gasteiger partial charge in [-0.3, -0.25) is 0 Å². The molecule has 0 fully saturated rings. The summed E-state index contributed by atoms with van der Waals surface area (Å²) >= 11 is 0. The Labute approximate surface area is 139 Å². The monoisotopic (exact) mass is 314 g/mol. The molecule has 2 rings (SSSR count). The first-order chi connectivity index (χ1) is 11.0. The van der Waals surface area contributed by atoms with E-state index in [2.05, 4.69) is 43.4 Å². The number of ether oxygens (including phenoxy) is 1. The van der Waals surface area contributed by atoms with E-state index in [4.69, 9.17) is 4.74 Å². The molecule has 0 aliphatic carbocycles. The van der Waals surface area contributed by atoms with E-state index in [1.165, 1.54) is 11.1 Å². The van der Waals surface area contributed by atoms with Crippen molar-refractivity contribution in [1.29, 1.82) is 0 Å². The summed E-state index contributed by atoms with van der Waals surface area (Å²) in [5, 5.41) is 12.3. The van der Waals surface area contributed by atoms with Crippen molar-refractivity contribution in [3.63, 3.8) is 0 Å². The number of rotatable bonds is 7. The zero-order chi connectivity index (χ0) is 16.8. The molecule has 0 saturated carbocycles. The number of hydrogen-bond donors (Lipinski definition) is 2. The van der Waals surface area contributed by atoms with Crippen molar-refractivity contribution in [2.45, 2.75) is 39.8 Å². The molecule has 0 aliphatic heterocycles. The summed E-state index contributed by atoms with van der Waals surface area (Å²) in [5.74, 6) is 0.894. The molecule has 0 unspecified atom stereocenters. The predicted octanol–water partition coefficient (Wildman–Crippen LogP) is 2.68. The number of hydrogen-bond acceptors (Lipinski definition) is 2. The Balaban J connectivity index is 1.83. The van der Waals surface area contributed by atoms with Gasteiger partial charge in [-0.15, -0.1) is 0 Å². The van der Waals surface area contributed by atoms with Crippen molar-refractivity contribution in [2.24, 2.45) is 0 Å². The topological polar surface area (TPSA) is 46.1 Å². The normalized spacial score (nSPS) is 13.6. The van der Waals surface area contributed by atoms with Crippen LogP contribution in [0.5, 0.6) is 5.75 Å². The van der Waals surface area contributed by atoms with E-state index >= 15 is 0 Å². The highest BCUT2D eigenvalue weighted by molar-refractivity contribution is 5.42. The van der Waals surface area contributed by atoms with Gasteiger partial charge < -0.3 is 15.2 Å². The second kappa shape index (κ2) is 8.14. The maximum Gasteiger partial charge on any atom is 0.137 e. The molecule has 124 valence electrons. The molecule has 2 aromatic rings. The molecular weight excluding hydrogens is 286 g/mol. The standard InChI is InChI=1S/C20H27NO2/c1-14-10-15(2)20(16(3)11-14)23-13-19(22)12-21-17(4)18-8-6-5-7-9-18/h5-11,17,19,21-22H,12-13H2,1-4H3/p+1/t17-,19+/m1/s1. The summed E-state index contributed by atoms with van der Waals surface area (Å²) in [7, 11) is 0. The van der Waals surface area contributed by atoms with Crippen LogP contribution < -0.4 is 10.1 Å². The first kappa shape index (κ1) is 17.5. The summed E-state index contributed by atoms with van der Waals surface area (Å²) < 4.78 is 5.85. The van der Waals surface area contributed by atoms with Crippen molar-refractivity contribution in [3.05, 3.63) is 64.7 Å². The Bertz CT molecular complexity index is 602. The number of nitrogens with two attached hydrogens (primary N) is 1. The zero-order valence-corrected chi connectivity index (χ0v) is 14.5. The third kappa shape index (κ3) is 5.08. The third-order valence-corrected chi connectivity index (χ3v) is 4.11. The molecule has 3 nitrogen and oxygen atoms in total. The maximum atomic E-state index is 10.2. The number of aliphatic hydroxyl groups is 1. The predicted molar refractivity (Wildman–Crippen MR) is 93.8 cm³/mol. The van der Waals surface area contributed by atoms with E-state index in [1.54, 1.807) is 0 Å². The summed E-state index contributed by atoms with van der Waals surface area (Å²) in [6.45, 7) is 9.27. The molecule has 0 heterocycles. The summed E-state index contributed by atoms with van der Waals surface area (Å²) in [6.07, 6.45) is -0.485. The van der Waals surface area contributed by atoms with Crippen molar-refractivity contribution in [1.82, 2.24) is 0 Å². The first-order valence-electron chi connectivity index (χ1n) is 8.24. The van der Waals surface area contributed by atoms with Crippen LogP contribution in [-0.4, -0.2) is 24.4 Å². The second-order valence-electron chi connectivity index (χ2n) is 6.36. The summed E-state index contributed by atoms with van der Waals surface area (Å²) in [4.78, 5) is 0. The molecular formula is C20H28NO2+. The highest BCUT2D eigenvalue weighted by Crippen LogP contribution is 2.24. The van der Waals surface area contributed by atoms with Crippen LogP contribution in [0.4, 0.5) is 0 Å². The molecule has 2 aromatic carbocycles. The van der Waals surface area contributed by atoms with Crippen molar-refractivity contribution < 1.29 is 15.2 Å². The highest BCUT2D eigenvalue weighted by atomic mass is 16.5. The van der Waals surface area contributed by atoms with E-state index < -0.39 is 6.10 Å². The van der Waals surface area contributed by atoms with Gasteiger partial charge in [-0.05, 0) is 38.8 Å². The number of aryl methyl sites for hydroxylation is 3. The quantitative estimate of drug-likeness (QED) is 0.825. The Morgan fingerprint density at radius 2 is 1.65 bits per heavy atom. The fraction of sp³-hybridized carbons (Fsp3) is 0.400. The molecule has 0 aromatic heterocycles. The first-order valence-corrected chi connectivity index (χ1v) is 8.24. The smallest absolute Gasteiger partial charge is 0.137 e. The molecule has 0 aliphatic rings. The minimum absolute atomic E-state index is 0.322.